The van der Waals surface area contributed by atoms with Crippen LogP contribution >= 0.6 is 0 Å². The van der Waals surface area contributed by atoms with Crippen molar-refractivity contribution in [1.29, 1.82) is 0 Å². The molecule has 0 saturated heterocycles. The van der Waals surface area contributed by atoms with E-state index in [1.807, 2.05) is 0 Å². The molecule has 0 nitrogen and oxygen atoms in total. The smallest absolute Gasteiger partial charge is 0.0165 e. The third-order valence-electron chi connectivity index (χ3n) is 12.9. The lowest BCUT2D eigenvalue weighted by Crippen LogP contribution is -2.15. The summed E-state index contributed by atoms with van der Waals surface area (Å²) >= 11 is 0. The van der Waals surface area contributed by atoms with E-state index in [-0.39, 0.29) is 5.41 Å². The summed E-state index contributed by atoms with van der Waals surface area (Å²) in [5.41, 5.74) is 13.0. The quantitative estimate of drug-likeness (QED) is 0.126. The Bertz CT molecular complexity index is 3420. The Labute approximate surface area is 332 Å². The minimum Gasteiger partial charge on any atom is -0.0622 e. The molecule has 57 heavy (non-hydrogen) atoms. The third-order valence-corrected chi connectivity index (χ3v) is 12.9. The number of fused-ring (bicyclic) bond motifs is 12. The van der Waals surface area contributed by atoms with Gasteiger partial charge in [0.05, 0.1) is 0 Å². The van der Waals surface area contributed by atoms with Crippen LogP contribution in [0.3, 0.4) is 0 Å². The lowest BCUT2D eigenvalue weighted by Gasteiger charge is -2.25. The van der Waals surface area contributed by atoms with Crippen LogP contribution in [0.4, 0.5) is 0 Å². The fourth-order valence-corrected chi connectivity index (χ4v) is 10.3. The van der Waals surface area contributed by atoms with Gasteiger partial charge in [-0.05, 0) is 151 Å². The molecule has 0 unspecified atom stereocenters. The van der Waals surface area contributed by atoms with E-state index in [9.17, 15) is 0 Å². The monoisotopic (exact) mass is 722 g/mol. The van der Waals surface area contributed by atoms with Crippen LogP contribution < -0.4 is 0 Å². The normalized spacial score (nSPS) is 13.2. The van der Waals surface area contributed by atoms with Gasteiger partial charge in [0.15, 0.2) is 0 Å². The average Bonchev–Trinajstić information content (AvgIpc) is 3.50. The molecule has 0 bridgehead atoms. The first-order valence-corrected chi connectivity index (χ1v) is 20.1. The zero-order chi connectivity index (χ0) is 37.8. The van der Waals surface area contributed by atoms with Crippen molar-refractivity contribution in [2.75, 3.05) is 0 Å². The molecule has 11 aromatic rings. The Kier molecular flexibility index (Phi) is 6.78. The first kappa shape index (κ1) is 32.2. The molecule has 0 aromatic heterocycles. The van der Waals surface area contributed by atoms with Gasteiger partial charge in [-0.15, -0.1) is 0 Å². The van der Waals surface area contributed by atoms with Crippen LogP contribution in [0.2, 0.25) is 0 Å². The molecule has 0 fully saturated rings. The summed E-state index contributed by atoms with van der Waals surface area (Å²) in [6, 6.07) is 72.6. The van der Waals surface area contributed by atoms with Crippen molar-refractivity contribution < 1.29 is 0 Å². The van der Waals surface area contributed by atoms with Crippen LogP contribution in [-0.2, 0) is 5.41 Å². The van der Waals surface area contributed by atoms with Gasteiger partial charge in [-0.25, -0.2) is 0 Å². The Morgan fingerprint density at radius 1 is 0.281 bits per heavy atom. The van der Waals surface area contributed by atoms with Crippen LogP contribution in [0.5, 0.6) is 0 Å². The number of benzene rings is 11. The molecule has 0 N–H and O–H groups in total. The zero-order valence-electron chi connectivity index (χ0n) is 32.0. The molecular formula is C57H38. The van der Waals surface area contributed by atoms with E-state index in [1.165, 1.54) is 120 Å². The van der Waals surface area contributed by atoms with Crippen molar-refractivity contribution in [3.05, 3.63) is 205 Å². The molecule has 11 aromatic carbocycles. The summed E-state index contributed by atoms with van der Waals surface area (Å²) in [5, 5.41) is 15.5. The molecule has 1 aliphatic rings. The van der Waals surface area contributed by atoms with E-state index in [4.69, 9.17) is 0 Å². The third kappa shape index (κ3) is 4.68. The molecule has 0 heteroatoms. The number of hydrogen-bond donors (Lipinski definition) is 0. The Morgan fingerprint density at radius 2 is 0.737 bits per heavy atom. The standard InChI is InChI=1S/C57H38/c1-57(2)52-34-37-17-7-6-16-36(37)32-51(52)55-44-19-9-8-18-43(44)50-33-42(28-29-49(50)56(55)57)54-47-22-12-10-20-45(47)53(46-21-11-13-23-48(46)54)41-27-26-39-30-38(24-25-40(39)31-41)35-14-4-3-5-15-35/h3-34H,1-2H3. The molecule has 12 rings (SSSR count). The summed E-state index contributed by atoms with van der Waals surface area (Å²) in [6.07, 6.45) is 0. The van der Waals surface area contributed by atoms with E-state index in [0.717, 1.165) is 0 Å². The lowest BCUT2D eigenvalue weighted by molar-refractivity contribution is 0.667. The van der Waals surface area contributed by atoms with Gasteiger partial charge in [0.1, 0.15) is 0 Å². The molecule has 0 saturated carbocycles. The Balaban J connectivity index is 1.09. The molecule has 0 aliphatic heterocycles. The second-order valence-electron chi connectivity index (χ2n) is 16.4. The summed E-state index contributed by atoms with van der Waals surface area (Å²) in [4.78, 5) is 0. The van der Waals surface area contributed by atoms with E-state index >= 15 is 0 Å². The lowest BCUT2D eigenvalue weighted by atomic mass is 9.78. The van der Waals surface area contributed by atoms with Gasteiger partial charge in [-0.1, -0.05) is 178 Å². The van der Waals surface area contributed by atoms with Crippen molar-refractivity contribution >= 4 is 64.6 Å². The maximum Gasteiger partial charge on any atom is 0.0165 e. The van der Waals surface area contributed by atoms with Crippen molar-refractivity contribution in [1.82, 2.24) is 0 Å². The van der Waals surface area contributed by atoms with E-state index in [0.29, 0.717) is 0 Å². The zero-order valence-corrected chi connectivity index (χ0v) is 32.0. The van der Waals surface area contributed by atoms with Crippen molar-refractivity contribution in [3.8, 4) is 44.5 Å². The van der Waals surface area contributed by atoms with Gasteiger partial charge >= 0.3 is 0 Å². The first-order chi connectivity index (χ1) is 28.0. The van der Waals surface area contributed by atoms with Crippen LogP contribution in [0.15, 0.2) is 194 Å². The molecule has 266 valence electrons. The van der Waals surface area contributed by atoms with Gasteiger partial charge in [0.25, 0.3) is 0 Å². The molecule has 0 spiro atoms. The number of rotatable bonds is 3. The van der Waals surface area contributed by atoms with E-state index in [2.05, 4.69) is 208 Å². The predicted molar refractivity (Wildman–Crippen MR) is 245 cm³/mol. The topological polar surface area (TPSA) is 0 Å². The van der Waals surface area contributed by atoms with Crippen LogP contribution in [0, 0.1) is 0 Å². The highest BCUT2D eigenvalue weighted by Gasteiger charge is 2.38. The van der Waals surface area contributed by atoms with E-state index < -0.39 is 0 Å². The van der Waals surface area contributed by atoms with Gasteiger partial charge in [-0.3, -0.25) is 0 Å². The largest absolute Gasteiger partial charge is 0.0622 e. The van der Waals surface area contributed by atoms with Gasteiger partial charge in [0, 0.05) is 5.41 Å². The van der Waals surface area contributed by atoms with Crippen LogP contribution in [-0.4, -0.2) is 0 Å². The van der Waals surface area contributed by atoms with Crippen molar-refractivity contribution in [3.63, 3.8) is 0 Å². The van der Waals surface area contributed by atoms with Crippen LogP contribution in [0.25, 0.3) is 109 Å². The second-order valence-corrected chi connectivity index (χ2v) is 16.4. The Hall–Kier alpha value is -7.02. The highest BCUT2D eigenvalue weighted by atomic mass is 14.4. The molecule has 0 atom stereocenters. The van der Waals surface area contributed by atoms with Crippen molar-refractivity contribution in [2.45, 2.75) is 19.3 Å². The SMILES string of the molecule is CC1(C)c2cc3ccccc3cc2-c2c1c1ccc(-c3c4ccccc4c(-c4ccc5cc(-c6ccccc6)ccc5c4)c4ccccc34)cc1c1ccccc21. The molecule has 1 aliphatic carbocycles. The maximum absolute atomic E-state index is 2.49. The number of hydrogen-bond acceptors (Lipinski definition) is 0. The Morgan fingerprint density at radius 3 is 1.37 bits per heavy atom. The molecule has 0 radical (unpaired) electrons. The van der Waals surface area contributed by atoms with Gasteiger partial charge < -0.3 is 0 Å². The molecule has 0 amide bonds. The highest BCUT2D eigenvalue weighted by Crippen LogP contribution is 2.56. The fourth-order valence-electron chi connectivity index (χ4n) is 10.3. The van der Waals surface area contributed by atoms with Gasteiger partial charge in [-0.2, -0.15) is 0 Å². The molecular weight excluding hydrogens is 685 g/mol. The summed E-state index contributed by atoms with van der Waals surface area (Å²) in [5.74, 6) is 0. The van der Waals surface area contributed by atoms with Crippen molar-refractivity contribution in [2.24, 2.45) is 0 Å². The summed E-state index contributed by atoms with van der Waals surface area (Å²) in [7, 11) is 0. The summed E-state index contributed by atoms with van der Waals surface area (Å²) in [6.45, 7) is 4.84. The summed E-state index contributed by atoms with van der Waals surface area (Å²) < 4.78 is 0. The first-order valence-electron chi connectivity index (χ1n) is 20.1. The minimum absolute atomic E-state index is 0.150. The minimum atomic E-state index is -0.150. The van der Waals surface area contributed by atoms with Gasteiger partial charge in [0.2, 0.25) is 0 Å². The second kappa shape index (κ2) is 12.0. The predicted octanol–water partition coefficient (Wildman–Crippen LogP) is 15.9. The molecule has 0 heterocycles. The van der Waals surface area contributed by atoms with Crippen LogP contribution in [0.1, 0.15) is 25.0 Å². The fraction of sp³-hybridized carbons (Fsp3) is 0.0526. The highest BCUT2D eigenvalue weighted by molar-refractivity contribution is 6.24. The average molecular weight is 723 g/mol. The maximum atomic E-state index is 2.49. The van der Waals surface area contributed by atoms with E-state index in [1.54, 1.807) is 0 Å².